The first kappa shape index (κ1) is 20.1. The lowest BCUT2D eigenvalue weighted by molar-refractivity contribution is -0.122. The van der Waals surface area contributed by atoms with Crippen molar-refractivity contribution in [2.45, 2.75) is 38.1 Å². The van der Waals surface area contributed by atoms with Crippen LogP contribution in [0.3, 0.4) is 0 Å². The number of hydrogen-bond acceptors (Lipinski definition) is 4. The van der Waals surface area contributed by atoms with Gasteiger partial charge in [-0.1, -0.05) is 18.0 Å². The van der Waals surface area contributed by atoms with Gasteiger partial charge in [0.05, 0.1) is 24.9 Å². The number of amides is 1. The van der Waals surface area contributed by atoms with E-state index in [4.69, 9.17) is 26.8 Å². The molecule has 1 aromatic carbocycles. The number of carbonyl (C=O) groups is 1. The Morgan fingerprint density at radius 3 is 2.32 bits per heavy atom. The highest BCUT2D eigenvalue weighted by atomic mass is 35.5. The van der Waals surface area contributed by atoms with Crippen LogP contribution in [0.5, 0.6) is 11.5 Å². The molecule has 0 heterocycles. The monoisotopic (exact) mass is 388 g/mol. The van der Waals surface area contributed by atoms with Crippen molar-refractivity contribution in [3.8, 4) is 11.5 Å². The molecule has 0 spiro atoms. The highest BCUT2D eigenvalue weighted by Gasteiger charge is 2.40. The van der Waals surface area contributed by atoms with E-state index in [1.807, 2.05) is 0 Å². The summed E-state index contributed by atoms with van der Waals surface area (Å²) in [4.78, 5) is 12.8. The van der Waals surface area contributed by atoms with Gasteiger partial charge in [0.15, 0.2) is 0 Å². The molecule has 0 saturated heterocycles. The molecular weight excluding hydrogens is 363 g/mol. The molecule has 2 aliphatic carbocycles. The van der Waals surface area contributed by atoms with Crippen molar-refractivity contribution in [1.82, 2.24) is 0 Å². The van der Waals surface area contributed by atoms with Crippen molar-refractivity contribution in [3.63, 3.8) is 0 Å². The lowest BCUT2D eigenvalue weighted by atomic mass is 9.65. The summed E-state index contributed by atoms with van der Waals surface area (Å²) < 4.78 is 10.6. The predicted octanol–water partition coefficient (Wildman–Crippen LogP) is 3.87. The Bertz CT molecular complexity index is 613. The highest BCUT2D eigenvalue weighted by molar-refractivity contribution is 6.32. The molecule has 1 amide bonds. The number of methoxy groups -OCH3 is 2. The minimum Gasteiger partial charge on any atom is -0.495 e. The third-order valence-electron chi connectivity index (χ3n) is 5.52. The number of benzene rings is 1. The van der Waals surface area contributed by atoms with Crippen LogP contribution in [0.25, 0.3) is 0 Å². The zero-order chi connectivity index (χ0) is 17.3. The van der Waals surface area contributed by atoms with Crippen molar-refractivity contribution in [3.05, 3.63) is 17.2 Å². The van der Waals surface area contributed by atoms with Crippen LogP contribution in [0.2, 0.25) is 5.02 Å². The van der Waals surface area contributed by atoms with Crippen LogP contribution in [0.1, 0.15) is 32.1 Å². The van der Waals surface area contributed by atoms with Gasteiger partial charge in [0.1, 0.15) is 11.5 Å². The first-order valence-electron chi connectivity index (χ1n) is 8.51. The second kappa shape index (κ2) is 8.47. The Balaban J connectivity index is 0.00000225. The molecule has 1 aromatic rings. The van der Waals surface area contributed by atoms with E-state index in [0.717, 1.165) is 25.7 Å². The number of carbonyl (C=O) groups excluding carboxylic acids is 1. The molecule has 2 unspecified atom stereocenters. The standard InChI is InChI=1S/C18H25ClN2O3.ClH/c1-23-15-9-14(16(24-2)8-13(15)19)21-18(22)12-6-10-4-3-5-11(7-12)17(10)20;/h8-12,17H,3-7,20H2,1-2H3,(H,21,22);1H. The van der Waals surface area contributed by atoms with Crippen LogP contribution in [-0.4, -0.2) is 26.2 Å². The second-order valence-electron chi connectivity index (χ2n) is 6.87. The van der Waals surface area contributed by atoms with Crippen LogP contribution in [0, 0.1) is 17.8 Å². The Morgan fingerprint density at radius 2 is 1.76 bits per heavy atom. The first-order chi connectivity index (χ1) is 11.5. The maximum Gasteiger partial charge on any atom is 0.227 e. The Kier molecular flexibility index (Phi) is 6.83. The number of anilines is 1. The molecule has 2 bridgehead atoms. The zero-order valence-electron chi connectivity index (χ0n) is 14.6. The Labute approximate surface area is 160 Å². The van der Waals surface area contributed by atoms with E-state index in [9.17, 15) is 4.79 Å². The summed E-state index contributed by atoms with van der Waals surface area (Å²) in [6, 6.07) is 3.61. The van der Waals surface area contributed by atoms with Gasteiger partial charge in [-0.2, -0.15) is 0 Å². The number of halogens is 2. The summed E-state index contributed by atoms with van der Waals surface area (Å²) >= 11 is 6.11. The molecule has 2 atom stereocenters. The van der Waals surface area contributed by atoms with Crippen molar-refractivity contribution in [2.24, 2.45) is 23.5 Å². The van der Waals surface area contributed by atoms with Gasteiger partial charge >= 0.3 is 0 Å². The van der Waals surface area contributed by atoms with Gasteiger partial charge in [-0.25, -0.2) is 0 Å². The lowest BCUT2D eigenvalue weighted by Gasteiger charge is -2.43. The third kappa shape index (κ3) is 4.15. The number of hydrogen-bond donors (Lipinski definition) is 2. The largest absolute Gasteiger partial charge is 0.495 e. The number of fused-ring (bicyclic) bond motifs is 2. The van der Waals surface area contributed by atoms with Crippen LogP contribution in [0.4, 0.5) is 5.69 Å². The van der Waals surface area contributed by atoms with Crippen molar-refractivity contribution < 1.29 is 14.3 Å². The van der Waals surface area contributed by atoms with Crippen molar-refractivity contribution in [1.29, 1.82) is 0 Å². The van der Waals surface area contributed by atoms with Crippen LogP contribution >= 0.6 is 24.0 Å². The summed E-state index contributed by atoms with van der Waals surface area (Å²) in [6.45, 7) is 0. The fourth-order valence-electron chi connectivity index (χ4n) is 4.20. The average Bonchev–Trinajstić information content (AvgIpc) is 2.55. The minimum atomic E-state index is 0. The third-order valence-corrected chi connectivity index (χ3v) is 5.81. The molecule has 0 aromatic heterocycles. The fraction of sp³-hybridized carbons (Fsp3) is 0.611. The molecule has 2 aliphatic rings. The predicted molar refractivity (Wildman–Crippen MR) is 102 cm³/mol. The normalized spacial score (nSPS) is 27.8. The molecular formula is C18H26Cl2N2O3. The molecule has 25 heavy (non-hydrogen) atoms. The number of rotatable bonds is 4. The molecule has 2 saturated carbocycles. The van der Waals surface area contributed by atoms with Gasteiger partial charge in [-0.05, 0) is 37.5 Å². The van der Waals surface area contributed by atoms with Crippen molar-refractivity contribution >= 4 is 35.6 Å². The van der Waals surface area contributed by atoms with Gasteiger partial charge < -0.3 is 20.5 Å². The second-order valence-corrected chi connectivity index (χ2v) is 7.28. The van der Waals surface area contributed by atoms with Crippen LogP contribution in [0.15, 0.2) is 12.1 Å². The quantitative estimate of drug-likeness (QED) is 0.820. The Hall–Kier alpha value is -1.17. The molecule has 5 nitrogen and oxygen atoms in total. The van der Waals surface area contributed by atoms with Crippen LogP contribution < -0.4 is 20.5 Å². The summed E-state index contributed by atoms with van der Waals surface area (Å²) in [7, 11) is 3.10. The maximum atomic E-state index is 12.8. The fourth-order valence-corrected chi connectivity index (χ4v) is 4.43. The van der Waals surface area contributed by atoms with Gasteiger partial charge in [0.2, 0.25) is 5.91 Å². The molecule has 3 rings (SSSR count). The highest BCUT2D eigenvalue weighted by Crippen LogP contribution is 2.43. The molecule has 7 heteroatoms. The summed E-state index contributed by atoms with van der Waals surface area (Å²) in [5.41, 5.74) is 6.90. The SMILES string of the molecule is COc1cc(NC(=O)C2CC3CCCC(C2)C3N)c(OC)cc1Cl.Cl. The molecule has 140 valence electrons. The van der Waals surface area contributed by atoms with E-state index in [1.54, 1.807) is 26.4 Å². The Morgan fingerprint density at radius 1 is 1.16 bits per heavy atom. The zero-order valence-corrected chi connectivity index (χ0v) is 16.2. The van der Waals surface area contributed by atoms with Gasteiger partial charge in [-0.15, -0.1) is 12.4 Å². The van der Waals surface area contributed by atoms with E-state index >= 15 is 0 Å². The van der Waals surface area contributed by atoms with E-state index in [-0.39, 0.29) is 30.3 Å². The van der Waals surface area contributed by atoms with Gasteiger partial charge in [0.25, 0.3) is 0 Å². The van der Waals surface area contributed by atoms with Crippen molar-refractivity contribution in [2.75, 3.05) is 19.5 Å². The maximum absolute atomic E-state index is 12.8. The van der Waals surface area contributed by atoms with Gasteiger partial charge in [-0.3, -0.25) is 4.79 Å². The smallest absolute Gasteiger partial charge is 0.227 e. The lowest BCUT2D eigenvalue weighted by Crippen LogP contribution is -2.48. The average molecular weight is 389 g/mol. The number of nitrogens with two attached hydrogens (primary N) is 1. The summed E-state index contributed by atoms with van der Waals surface area (Å²) in [6.07, 6.45) is 5.26. The minimum absolute atomic E-state index is 0. The topological polar surface area (TPSA) is 73.6 Å². The van der Waals surface area contributed by atoms with Gasteiger partial charge in [0, 0.05) is 24.1 Å². The van der Waals surface area contributed by atoms with E-state index in [0.29, 0.717) is 34.0 Å². The van der Waals surface area contributed by atoms with E-state index < -0.39 is 0 Å². The van der Waals surface area contributed by atoms with E-state index in [2.05, 4.69) is 5.32 Å². The van der Waals surface area contributed by atoms with E-state index in [1.165, 1.54) is 6.42 Å². The first-order valence-corrected chi connectivity index (χ1v) is 8.89. The molecule has 2 fully saturated rings. The van der Waals surface area contributed by atoms with Crippen LogP contribution in [-0.2, 0) is 4.79 Å². The molecule has 3 N–H and O–H groups in total. The summed E-state index contributed by atoms with van der Waals surface area (Å²) in [5, 5.41) is 3.44. The molecule has 0 radical (unpaired) electrons. The summed E-state index contributed by atoms with van der Waals surface area (Å²) in [5.74, 6) is 2.01. The number of ether oxygens (including phenoxy) is 2. The molecule has 0 aliphatic heterocycles. The number of nitrogens with one attached hydrogen (secondary N) is 1.